The second-order valence-electron chi connectivity index (χ2n) is 5.59. The number of phenolic OH excluding ortho intramolecular Hbond substituents is 1. The molecule has 0 saturated heterocycles. The molecule has 130 valence electrons. The molecule has 2 unspecified atom stereocenters. The number of aliphatic hydroxyl groups is 2. The number of hydrogen-bond donors (Lipinski definition) is 6. The van der Waals surface area contributed by atoms with E-state index in [0.29, 0.717) is 5.56 Å². The molecule has 9 heteroatoms. The van der Waals surface area contributed by atoms with Crippen LogP contribution in [0.25, 0.3) is 0 Å². The van der Waals surface area contributed by atoms with Crippen molar-refractivity contribution in [2.45, 2.75) is 18.6 Å². The minimum atomic E-state index is -4.74. The number of rotatable bonds is 5. The first-order valence-corrected chi connectivity index (χ1v) is 8.63. The molecule has 0 heterocycles. The van der Waals surface area contributed by atoms with Gasteiger partial charge in [-0.1, -0.05) is 25.1 Å². The molecule has 0 amide bonds. The van der Waals surface area contributed by atoms with Gasteiger partial charge in [-0.25, -0.2) is 4.57 Å². The summed E-state index contributed by atoms with van der Waals surface area (Å²) in [6, 6.07) is 5.88. The maximum Gasteiger partial charge on any atom is 0.427 e. The monoisotopic (exact) mass is 355 g/mol. The third-order valence-electron chi connectivity index (χ3n) is 3.83. The van der Waals surface area contributed by atoms with E-state index in [1.807, 2.05) is 5.09 Å². The number of nitrogens with one attached hydrogen (secondary N) is 1. The van der Waals surface area contributed by atoms with Crippen LogP contribution in [0.3, 0.4) is 0 Å². The topological polar surface area (TPSA) is 147 Å². The lowest BCUT2D eigenvalue weighted by Crippen LogP contribution is -2.45. The van der Waals surface area contributed by atoms with Crippen molar-refractivity contribution in [2.24, 2.45) is 5.92 Å². The van der Waals surface area contributed by atoms with Crippen molar-refractivity contribution in [3.63, 3.8) is 0 Å². The van der Waals surface area contributed by atoms with E-state index in [4.69, 9.17) is 9.79 Å². The van der Waals surface area contributed by atoms with Crippen LogP contribution in [0.1, 0.15) is 18.4 Å². The Morgan fingerprint density at radius 2 is 1.96 bits per heavy atom. The molecule has 24 heavy (non-hydrogen) atoms. The lowest BCUT2D eigenvalue weighted by molar-refractivity contribution is -0.196. The molecule has 0 spiro atoms. The number of hydrogen-bond acceptors (Lipinski definition) is 5. The van der Waals surface area contributed by atoms with Crippen molar-refractivity contribution in [1.29, 1.82) is 0 Å². The quantitative estimate of drug-likeness (QED) is 0.330. The summed E-state index contributed by atoms with van der Waals surface area (Å²) in [5, 5.41) is 32.5. The lowest BCUT2D eigenvalue weighted by Gasteiger charge is -2.37. The van der Waals surface area contributed by atoms with Gasteiger partial charge in [0.1, 0.15) is 5.75 Å². The number of aromatic hydroxyl groups is 1. The van der Waals surface area contributed by atoms with E-state index in [2.05, 4.69) is 0 Å². The zero-order valence-corrected chi connectivity index (χ0v) is 13.6. The number of benzene rings is 1. The summed E-state index contributed by atoms with van der Waals surface area (Å²) in [7, 11) is -4.74. The van der Waals surface area contributed by atoms with Gasteiger partial charge in [-0.3, -0.25) is 9.88 Å². The van der Waals surface area contributed by atoms with Crippen LogP contribution in [-0.4, -0.2) is 36.7 Å². The van der Waals surface area contributed by atoms with E-state index in [9.17, 15) is 24.7 Å². The molecule has 0 radical (unpaired) electrons. The van der Waals surface area contributed by atoms with Crippen molar-refractivity contribution in [1.82, 2.24) is 5.09 Å². The lowest BCUT2D eigenvalue weighted by atomic mass is 9.80. The molecule has 6 N–H and O–H groups in total. The zero-order valence-electron chi connectivity index (χ0n) is 12.7. The maximum absolute atomic E-state index is 11.5. The van der Waals surface area contributed by atoms with Crippen molar-refractivity contribution in [3.05, 3.63) is 53.8 Å². The van der Waals surface area contributed by atoms with E-state index in [-0.39, 0.29) is 11.4 Å². The molecule has 1 aromatic carbocycles. The van der Waals surface area contributed by atoms with Crippen LogP contribution in [-0.2, 0) is 9.36 Å². The molecule has 1 aromatic rings. The molecule has 2 rings (SSSR count). The van der Waals surface area contributed by atoms with Gasteiger partial charge in [-0.2, -0.15) is 0 Å². The van der Waals surface area contributed by atoms with Gasteiger partial charge in [0.2, 0.25) is 0 Å². The van der Waals surface area contributed by atoms with E-state index in [1.54, 1.807) is 6.07 Å². The minimum Gasteiger partial charge on any atom is -0.508 e. The fraction of sp³-hybridized carbons (Fsp3) is 0.267. The predicted octanol–water partition coefficient (Wildman–Crippen LogP) is 0.498. The fourth-order valence-corrected chi connectivity index (χ4v) is 3.08. The van der Waals surface area contributed by atoms with Gasteiger partial charge in [0.15, 0.2) is 11.6 Å². The van der Waals surface area contributed by atoms with Crippen LogP contribution < -0.4 is 5.09 Å². The van der Waals surface area contributed by atoms with Gasteiger partial charge in [-0.15, -0.1) is 0 Å². The average Bonchev–Trinajstić information content (AvgIpc) is 2.44. The SMILES string of the molecule is CC(c1cccc(O)c1)C(O)(O)C1C=CC(=O)C=C1NP(=O)(O)O. The Hall–Kier alpha value is -1.96. The van der Waals surface area contributed by atoms with Crippen molar-refractivity contribution >= 4 is 13.5 Å². The molecule has 0 bridgehead atoms. The summed E-state index contributed by atoms with van der Waals surface area (Å²) in [5.74, 6) is -5.29. The molecular formula is C15H18NO7P. The smallest absolute Gasteiger partial charge is 0.427 e. The predicted molar refractivity (Wildman–Crippen MR) is 84.6 cm³/mol. The standard InChI is InChI=1S/C15H18NO7P/c1-9(10-3-2-4-11(17)7-10)15(19,20)13-6-5-12(18)8-14(13)16-24(21,22)23/h2-9,13,17,19-20H,1H3,(H3,16,21,22,23). The van der Waals surface area contributed by atoms with Crippen molar-refractivity contribution < 1.29 is 34.5 Å². The highest BCUT2D eigenvalue weighted by Crippen LogP contribution is 2.41. The van der Waals surface area contributed by atoms with Gasteiger partial charge in [0, 0.05) is 17.7 Å². The Morgan fingerprint density at radius 1 is 1.29 bits per heavy atom. The van der Waals surface area contributed by atoms with E-state index in [1.165, 1.54) is 31.2 Å². The second kappa shape index (κ2) is 6.51. The zero-order chi connectivity index (χ0) is 18.1. The Kier molecular flexibility index (Phi) is 4.98. The third kappa shape index (κ3) is 4.11. The normalized spacial score (nSPS) is 19.8. The molecule has 0 aromatic heterocycles. The van der Waals surface area contributed by atoms with E-state index in [0.717, 1.165) is 12.2 Å². The van der Waals surface area contributed by atoms with Gasteiger partial charge in [-0.05, 0) is 23.8 Å². The molecule has 0 fully saturated rings. The molecular weight excluding hydrogens is 337 g/mol. The summed E-state index contributed by atoms with van der Waals surface area (Å²) in [6.45, 7) is 1.48. The Morgan fingerprint density at radius 3 is 2.54 bits per heavy atom. The number of carbonyl (C=O) groups is 1. The average molecular weight is 355 g/mol. The maximum atomic E-state index is 11.5. The first-order valence-electron chi connectivity index (χ1n) is 7.02. The van der Waals surface area contributed by atoms with Gasteiger partial charge < -0.3 is 25.1 Å². The molecule has 0 saturated carbocycles. The molecule has 8 nitrogen and oxygen atoms in total. The van der Waals surface area contributed by atoms with Crippen LogP contribution >= 0.6 is 7.75 Å². The van der Waals surface area contributed by atoms with Crippen molar-refractivity contribution in [2.75, 3.05) is 0 Å². The summed E-state index contributed by atoms with van der Waals surface area (Å²) in [4.78, 5) is 29.6. The highest BCUT2D eigenvalue weighted by Gasteiger charge is 2.43. The third-order valence-corrected chi connectivity index (χ3v) is 4.38. The molecule has 1 aliphatic carbocycles. The van der Waals surface area contributed by atoms with Gasteiger partial charge in [0.25, 0.3) is 0 Å². The number of phenols is 1. The van der Waals surface area contributed by atoms with Crippen LogP contribution in [0, 0.1) is 5.92 Å². The number of ketones is 1. The minimum absolute atomic E-state index is 0.0615. The summed E-state index contributed by atoms with van der Waals surface area (Å²) in [5.41, 5.74) is 0.105. The second-order valence-corrected chi connectivity index (χ2v) is 6.91. The van der Waals surface area contributed by atoms with Gasteiger partial charge >= 0.3 is 7.75 Å². The molecule has 1 aliphatic rings. The Labute approximate surface area is 138 Å². The van der Waals surface area contributed by atoms with E-state index < -0.39 is 31.2 Å². The number of carbonyl (C=O) groups excluding carboxylic acids is 1. The highest BCUT2D eigenvalue weighted by atomic mass is 31.2. The van der Waals surface area contributed by atoms with Crippen LogP contribution in [0.4, 0.5) is 0 Å². The van der Waals surface area contributed by atoms with Gasteiger partial charge in [0.05, 0.1) is 5.92 Å². The summed E-state index contributed by atoms with van der Waals surface area (Å²) < 4.78 is 11.2. The van der Waals surface area contributed by atoms with Crippen LogP contribution in [0.15, 0.2) is 48.2 Å². The Bertz CT molecular complexity index is 750. The fourth-order valence-electron chi connectivity index (χ4n) is 2.54. The first-order chi connectivity index (χ1) is 11.0. The summed E-state index contributed by atoms with van der Waals surface area (Å²) >= 11 is 0. The summed E-state index contributed by atoms with van der Waals surface area (Å²) in [6.07, 6.45) is 3.16. The molecule has 2 atom stereocenters. The van der Waals surface area contributed by atoms with E-state index >= 15 is 0 Å². The van der Waals surface area contributed by atoms with Crippen LogP contribution in [0.5, 0.6) is 5.75 Å². The highest BCUT2D eigenvalue weighted by molar-refractivity contribution is 7.49. The van der Waals surface area contributed by atoms with Crippen LogP contribution in [0.2, 0.25) is 0 Å². The first kappa shape index (κ1) is 18.4. The Balaban J connectivity index is 2.38. The molecule has 0 aliphatic heterocycles. The number of allylic oxidation sites excluding steroid dienone is 2. The largest absolute Gasteiger partial charge is 0.508 e. The van der Waals surface area contributed by atoms with Crippen molar-refractivity contribution in [3.8, 4) is 5.75 Å².